The zero-order valence-electron chi connectivity index (χ0n) is 14.6. The molecule has 6 heteroatoms. The normalized spacial score (nSPS) is 12.8. The Morgan fingerprint density at radius 1 is 1.00 bits per heavy atom. The van der Waals surface area contributed by atoms with Gasteiger partial charge in [-0.3, -0.25) is 4.79 Å². The number of ketones is 1. The van der Waals surface area contributed by atoms with E-state index in [0.29, 0.717) is 6.54 Å². The molecule has 6 N–H and O–H groups in total. The molecule has 0 amide bonds. The first kappa shape index (κ1) is 21.5. The lowest BCUT2D eigenvalue weighted by molar-refractivity contribution is -0.119. The molecule has 0 saturated heterocycles. The molecule has 0 fully saturated rings. The molecule has 132 valence electrons. The van der Waals surface area contributed by atoms with E-state index in [0.717, 1.165) is 71.4 Å². The number of Topliss-reactive ketones (excluding diaryl/α,β-unsaturated/α-hetero) is 1. The van der Waals surface area contributed by atoms with Crippen LogP contribution < -0.4 is 22.1 Å². The van der Waals surface area contributed by atoms with Crippen LogP contribution in [0.5, 0.6) is 0 Å². The number of nitrogens with zero attached hydrogens (tertiary/aromatic N) is 1. The number of carbonyl (C=O) groups excluding carboxylic acids is 1. The molecule has 1 atom stereocenters. The van der Waals surface area contributed by atoms with Gasteiger partial charge in [0.1, 0.15) is 5.78 Å². The first-order valence-corrected chi connectivity index (χ1v) is 8.66. The van der Waals surface area contributed by atoms with Crippen LogP contribution in [0.25, 0.3) is 0 Å². The lowest BCUT2D eigenvalue weighted by Crippen LogP contribution is -2.38. The highest BCUT2D eigenvalue weighted by Crippen LogP contribution is 2.03. The van der Waals surface area contributed by atoms with Crippen molar-refractivity contribution >= 4 is 5.78 Å². The molecule has 0 spiro atoms. The minimum absolute atomic E-state index is 0.0276. The lowest BCUT2D eigenvalue weighted by Gasteiger charge is -2.23. The van der Waals surface area contributed by atoms with Gasteiger partial charge in [0.15, 0.2) is 0 Å². The summed E-state index contributed by atoms with van der Waals surface area (Å²) in [6.45, 7) is 8.09. The number of hydrogen-bond acceptors (Lipinski definition) is 6. The number of nitrogens with two attached hydrogens (primary N) is 2. The van der Waals surface area contributed by atoms with Gasteiger partial charge in [-0.1, -0.05) is 0 Å². The Morgan fingerprint density at radius 2 is 1.64 bits per heavy atom. The number of nitrogens with one attached hydrogen (secondary N) is 2. The van der Waals surface area contributed by atoms with Gasteiger partial charge >= 0.3 is 0 Å². The topological polar surface area (TPSA) is 96.4 Å². The van der Waals surface area contributed by atoms with Crippen molar-refractivity contribution in [2.24, 2.45) is 11.5 Å². The smallest absolute Gasteiger partial charge is 0.146 e. The molecule has 6 nitrogen and oxygen atoms in total. The summed E-state index contributed by atoms with van der Waals surface area (Å²) in [5.74, 6) is 0.223. The Labute approximate surface area is 136 Å². The summed E-state index contributed by atoms with van der Waals surface area (Å²) in [5.41, 5.74) is 11.1. The Bertz CT molecular complexity index is 263. The van der Waals surface area contributed by atoms with Crippen LogP contribution in [0.4, 0.5) is 0 Å². The standard InChI is InChI=1S/C16H37N5O/c1-15(22)16(20-11-4-8-17)7-3-12-21(13-5-9-18)14-6-10-19-2/h16,19-20H,3-14,17-18H2,1-2H3. The van der Waals surface area contributed by atoms with Gasteiger partial charge in [-0.25, -0.2) is 0 Å². The second kappa shape index (κ2) is 15.4. The maximum absolute atomic E-state index is 11.7. The highest BCUT2D eigenvalue weighted by molar-refractivity contribution is 5.81. The lowest BCUT2D eigenvalue weighted by atomic mass is 10.1. The zero-order valence-corrected chi connectivity index (χ0v) is 14.6. The molecule has 0 saturated carbocycles. The van der Waals surface area contributed by atoms with E-state index in [1.807, 2.05) is 7.05 Å². The third-order valence-electron chi connectivity index (χ3n) is 3.81. The molecule has 0 aliphatic carbocycles. The van der Waals surface area contributed by atoms with Crippen LogP contribution in [0.2, 0.25) is 0 Å². The molecule has 0 aromatic carbocycles. The highest BCUT2D eigenvalue weighted by Gasteiger charge is 2.13. The van der Waals surface area contributed by atoms with Crippen molar-refractivity contribution in [1.29, 1.82) is 0 Å². The molecule has 0 aromatic heterocycles. The third-order valence-corrected chi connectivity index (χ3v) is 3.81. The van der Waals surface area contributed by atoms with E-state index in [2.05, 4.69) is 15.5 Å². The summed E-state index contributed by atoms with van der Waals surface area (Å²) in [4.78, 5) is 14.1. The largest absolute Gasteiger partial charge is 0.330 e. The predicted octanol–water partition coefficient (Wildman–Crippen LogP) is -0.0771. The molecule has 0 aliphatic heterocycles. The quantitative estimate of drug-likeness (QED) is 0.298. The van der Waals surface area contributed by atoms with Gasteiger partial charge in [0.2, 0.25) is 0 Å². The second-order valence-electron chi connectivity index (χ2n) is 5.84. The van der Waals surface area contributed by atoms with E-state index in [1.54, 1.807) is 6.92 Å². The van der Waals surface area contributed by atoms with Gasteiger partial charge < -0.3 is 27.0 Å². The fraction of sp³-hybridized carbons (Fsp3) is 0.938. The third kappa shape index (κ3) is 12.1. The predicted molar refractivity (Wildman–Crippen MR) is 94.0 cm³/mol. The summed E-state index contributed by atoms with van der Waals surface area (Å²) in [6, 6.07) is -0.0276. The first-order chi connectivity index (χ1) is 10.7. The van der Waals surface area contributed by atoms with Crippen LogP contribution in [0.3, 0.4) is 0 Å². The average molecular weight is 316 g/mol. The van der Waals surface area contributed by atoms with E-state index in [-0.39, 0.29) is 11.8 Å². The Kier molecular flexibility index (Phi) is 15.0. The SMILES string of the molecule is CNCCCN(CCCN)CCCC(NCCCN)C(C)=O. The Morgan fingerprint density at radius 3 is 2.23 bits per heavy atom. The van der Waals surface area contributed by atoms with Crippen molar-refractivity contribution in [2.75, 3.05) is 52.9 Å². The number of carbonyl (C=O) groups is 1. The summed E-state index contributed by atoms with van der Waals surface area (Å²) in [7, 11) is 1.98. The summed E-state index contributed by atoms with van der Waals surface area (Å²) in [6.07, 6.45) is 5.02. The Hall–Kier alpha value is -0.530. The van der Waals surface area contributed by atoms with Crippen molar-refractivity contribution < 1.29 is 4.79 Å². The molecule has 0 bridgehead atoms. The summed E-state index contributed by atoms with van der Waals surface area (Å²) < 4.78 is 0. The van der Waals surface area contributed by atoms with Gasteiger partial charge in [-0.05, 0) is 91.9 Å². The minimum Gasteiger partial charge on any atom is -0.330 e. The number of rotatable bonds is 16. The van der Waals surface area contributed by atoms with E-state index in [9.17, 15) is 4.79 Å². The van der Waals surface area contributed by atoms with Crippen LogP contribution >= 0.6 is 0 Å². The molecule has 22 heavy (non-hydrogen) atoms. The first-order valence-electron chi connectivity index (χ1n) is 8.66. The average Bonchev–Trinajstić information content (AvgIpc) is 2.50. The monoisotopic (exact) mass is 315 g/mol. The van der Waals surface area contributed by atoms with Gasteiger partial charge in [-0.15, -0.1) is 0 Å². The van der Waals surface area contributed by atoms with E-state index in [4.69, 9.17) is 11.5 Å². The Balaban J connectivity index is 4.04. The molecule has 0 aliphatic rings. The fourth-order valence-electron chi connectivity index (χ4n) is 2.48. The molecule has 0 aromatic rings. The van der Waals surface area contributed by atoms with Crippen LogP contribution in [0.15, 0.2) is 0 Å². The molecule has 1 unspecified atom stereocenters. The van der Waals surface area contributed by atoms with Crippen LogP contribution in [-0.4, -0.2) is 69.6 Å². The van der Waals surface area contributed by atoms with E-state index >= 15 is 0 Å². The minimum atomic E-state index is -0.0276. The van der Waals surface area contributed by atoms with Crippen molar-refractivity contribution in [3.63, 3.8) is 0 Å². The molecule has 0 radical (unpaired) electrons. The zero-order chi connectivity index (χ0) is 16.6. The molecule has 0 heterocycles. The van der Waals surface area contributed by atoms with Gasteiger partial charge in [0, 0.05) is 0 Å². The molecular weight excluding hydrogens is 278 g/mol. The molecule has 0 rings (SSSR count). The fourth-order valence-corrected chi connectivity index (χ4v) is 2.48. The van der Waals surface area contributed by atoms with Gasteiger partial charge in [0.05, 0.1) is 6.04 Å². The maximum atomic E-state index is 11.7. The van der Waals surface area contributed by atoms with Crippen LogP contribution in [0.1, 0.15) is 39.0 Å². The van der Waals surface area contributed by atoms with Crippen LogP contribution in [-0.2, 0) is 4.79 Å². The van der Waals surface area contributed by atoms with E-state index < -0.39 is 0 Å². The summed E-state index contributed by atoms with van der Waals surface area (Å²) >= 11 is 0. The van der Waals surface area contributed by atoms with Crippen molar-refractivity contribution in [3.05, 3.63) is 0 Å². The van der Waals surface area contributed by atoms with Crippen LogP contribution in [0, 0.1) is 0 Å². The van der Waals surface area contributed by atoms with Gasteiger partial charge in [0.25, 0.3) is 0 Å². The molecular formula is C16H37N5O. The van der Waals surface area contributed by atoms with Gasteiger partial charge in [-0.2, -0.15) is 0 Å². The maximum Gasteiger partial charge on any atom is 0.146 e. The van der Waals surface area contributed by atoms with Crippen molar-refractivity contribution in [1.82, 2.24) is 15.5 Å². The van der Waals surface area contributed by atoms with Crippen molar-refractivity contribution in [3.8, 4) is 0 Å². The van der Waals surface area contributed by atoms with E-state index in [1.165, 1.54) is 0 Å². The highest BCUT2D eigenvalue weighted by atomic mass is 16.1. The summed E-state index contributed by atoms with van der Waals surface area (Å²) in [5, 5.41) is 6.49. The second-order valence-corrected chi connectivity index (χ2v) is 5.84. The van der Waals surface area contributed by atoms with Crippen molar-refractivity contribution in [2.45, 2.75) is 45.1 Å². The number of hydrogen-bond donors (Lipinski definition) is 4.